The van der Waals surface area contributed by atoms with Crippen molar-refractivity contribution in [1.82, 2.24) is 10.3 Å². The molecule has 1 amide bonds. The Morgan fingerprint density at radius 3 is 3.14 bits per heavy atom. The van der Waals surface area contributed by atoms with Crippen LogP contribution in [0.2, 0.25) is 0 Å². The van der Waals surface area contributed by atoms with Crippen molar-refractivity contribution in [3.8, 4) is 0 Å². The average Bonchev–Trinajstić information content (AvgIpc) is 3.03. The van der Waals surface area contributed by atoms with E-state index >= 15 is 0 Å². The third-order valence-corrected chi connectivity index (χ3v) is 3.78. The van der Waals surface area contributed by atoms with Crippen LogP contribution in [0.3, 0.4) is 0 Å². The van der Waals surface area contributed by atoms with Crippen LogP contribution in [0.25, 0.3) is 0 Å². The van der Waals surface area contributed by atoms with Gasteiger partial charge in [-0.3, -0.25) is 9.78 Å². The summed E-state index contributed by atoms with van der Waals surface area (Å²) in [5, 5.41) is 2.91. The Kier molecular flexibility index (Phi) is 5.99. The van der Waals surface area contributed by atoms with Crippen LogP contribution < -0.4 is 10.2 Å². The van der Waals surface area contributed by atoms with Crippen LogP contribution in [0, 0.1) is 0 Å². The molecule has 0 aromatic carbocycles. The van der Waals surface area contributed by atoms with Crippen molar-refractivity contribution in [1.29, 1.82) is 0 Å². The summed E-state index contributed by atoms with van der Waals surface area (Å²) in [7, 11) is 2.04. The number of ether oxygens (including phenoxy) is 1. The van der Waals surface area contributed by atoms with Crippen LogP contribution in [0.4, 0.5) is 5.69 Å². The normalized spacial score (nSPS) is 17.7. The number of carbonyl (C=O) groups excluding carboxylic acids is 1. The molecule has 1 aliphatic rings. The summed E-state index contributed by atoms with van der Waals surface area (Å²) in [6, 6.07) is 3.78. The molecule has 0 radical (unpaired) electrons. The average molecular weight is 291 g/mol. The third-order valence-electron chi connectivity index (χ3n) is 3.78. The van der Waals surface area contributed by atoms with Crippen molar-refractivity contribution in [3.63, 3.8) is 0 Å². The van der Waals surface area contributed by atoms with Gasteiger partial charge in [-0.25, -0.2) is 0 Å². The second-order valence-corrected chi connectivity index (χ2v) is 5.52. The second-order valence-electron chi connectivity index (χ2n) is 5.52. The fourth-order valence-corrected chi connectivity index (χ4v) is 2.41. The maximum Gasteiger partial charge on any atom is 0.270 e. The molecule has 1 aliphatic heterocycles. The topological polar surface area (TPSA) is 54.5 Å². The Labute approximate surface area is 126 Å². The molecule has 1 saturated heterocycles. The number of hydrogen-bond acceptors (Lipinski definition) is 4. The molecule has 1 aromatic heterocycles. The Morgan fingerprint density at radius 1 is 1.57 bits per heavy atom. The van der Waals surface area contributed by atoms with Gasteiger partial charge in [-0.1, -0.05) is 13.3 Å². The molecular formula is C16H25N3O2. The first-order valence-corrected chi connectivity index (χ1v) is 7.77. The molecule has 0 saturated carbocycles. The Balaban J connectivity index is 1.90. The van der Waals surface area contributed by atoms with Gasteiger partial charge in [0.25, 0.3) is 5.91 Å². The van der Waals surface area contributed by atoms with Gasteiger partial charge in [-0.05, 0) is 31.4 Å². The Hall–Kier alpha value is -1.62. The molecule has 21 heavy (non-hydrogen) atoms. The standard InChI is InChI=1S/C16H25N3O2/c1-3-4-9-19(2)13-7-8-17-15(11-13)16(20)18-12-14-6-5-10-21-14/h7-8,11,14H,3-6,9-10,12H2,1-2H3,(H,18,20). The number of nitrogens with zero attached hydrogens (tertiary/aromatic N) is 2. The fraction of sp³-hybridized carbons (Fsp3) is 0.625. The molecule has 116 valence electrons. The van der Waals surface area contributed by atoms with Gasteiger partial charge in [0, 0.05) is 38.6 Å². The Bertz CT molecular complexity index is 459. The van der Waals surface area contributed by atoms with Gasteiger partial charge >= 0.3 is 0 Å². The summed E-state index contributed by atoms with van der Waals surface area (Å²) in [5.41, 5.74) is 1.49. The summed E-state index contributed by atoms with van der Waals surface area (Å²) in [6.45, 7) is 4.52. The van der Waals surface area contributed by atoms with E-state index in [0.29, 0.717) is 12.2 Å². The Morgan fingerprint density at radius 2 is 2.43 bits per heavy atom. The molecule has 1 fully saturated rings. The van der Waals surface area contributed by atoms with Crippen LogP contribution in [0.5, 0.6) is 0 Å². The number of anilines is 1. The smallest absolute Gasteiger partial charge is 0.270 e. The lowest BCUT2D eigenvalue weighted by atomic mass is 10.2. The van der Waals surface area contributed by atoms with Crippen LogP contribution in [0.15, 0.2) is 18.3 Å². The van der Waals surface area contributed by atoms with Gasteiger partial charge in [0.15, 0.2) is 0 Å². The van der Waals surface area contributed by atoms with Crippen molar-refractivity contribution >= 4 is 11.6 Å². The van der Waals surface area contributed by atoms with Gasteiger partial charge in [-0.2, -0.15) is 0 Å². The quantitative estimate of drug-likeness (QED) is 0.837. The highest BCUT2D eigenvalue weighted by Gasteiger charge is 2.17. The highest BCUT2D eigenvalue weighted by Crippen LogP contribution is 2.14. The molecule has 1 atom stereocenters. The molecule has 0 bridgehead atoms. The third kappa shape index (κ3) is 4.70. The van der Waals surface area contributed by atoms with E-state index in [0.717, 1.165) is 44.5 Å². The molecular weight excluding hydrogens is 266 g/mol. The molecule has 2 rings (SSSR count). The number of nitrogens with one attached hydrogen (secondary N) is 1. The van der Waals surface area contributed by atoms with E-state index in [-0.39, 0.29) is 12.0 Å². The van der Waals surface area contributed by atoms with Crippen LogP contribution in [-0.4, -0.2) is 43.7 Å². The fourth-order valence-electron chi connectivity index (χ4n) is 2.41. The van der Waals surface area contributed by atoms with E-state index < -0.39 is 0 Å². The summed E-state index contributed by atoms with van der Waals surface area (Å²) in [5.74, 6) is -0.128. The minimum atomic E-state index is -0.128. The summed E-state index contributed by atoms with van der Waals surface area (Å²) in [4.78, 5) is 18.5. The van der Waals surface area contributed by atoms with Gasteiger partial charge in [0.1, 0.15) is 5.69 Å². The zero-order valence-electron chi connectivity index (χ0n) is 13.0. The van der Waals surface area contributed by atoms with Gasteiger partial charge < -0.3 is 15.0 Å². The molecule has 2 heterocycles. The number of aromatic nitrogens is 1. The predicted octanol–water partition coefficient (Wildman–Crippen LogP) is 2.23. The maximum absolute atomic E-state index is 12.1. The molecule has 1 aromatic rings. The van der Waals surface area contributed by atoms with E-state index in [4.69, 9.17) is 4.74 Å². The largest absolute Gasteiger partial charge is 0.376 e. The zero-order valence-corrected chi connectivity index (χ0v) is 13.0. The lowest BCUT2D eigenvalue weighted by molar-refractivity contribution is 0.0854. The SMILES string of the molecule is CCCCN(C)c1ccnc(C(=O)NCC2CCCO2)c1. The molecule has 0 spiro atoms. The maximum atomic E-state index is 12.1. The lowest BCUT2D eigenvalue weighted by Gasteiger charge is -2.19. The van der Waals surface area contributed by atoms with Crippen LogP contribution >= 0.6 is 0 Å². The van der Waals surface area contributed by atoms with Gasteiger partial charge in [-0.15, -0.1) is 0 Å². The number of hydrogen-bond donors (Lipinski definition) is 1. The molecule has 0 aliphatic carbocycles. The highest BCUT2D eigenvalue weighted by atomic mass is 16.5. The number of pyridine rings is 1. The number of amides is 1. The molecule has 5 nitrogen and oxygen atoms in total. The zero-order chi connectivity index (χ0) is 15.1. The van der Waals surface area contributed by atoms with Crippen molar-refractivity contribution < 1.29 is 9.53 Å². The number of carbonyl (C=O) groups is 1. The number of rotatable bonds is 7. The molecule has 5 heteroatoms. The van der Waals surface area contributed by atoms with E-state index in [9.17, 15) is 4.79 Å². The summed E-state index contributed by atoms with van der Waals surface area (Å²) < 4.78 is 5.50. The van der Waals surface area contributed by atoms with Crippen LogP contribution in [-0.2, 0) is 4.74 Å². The second kappa shape index (κ2) is 7.98. The van der Waals surface area contributed by atoms with Gasteiger partial charge in [0.2, 0.25) is 0 Å². The first kappa shape index (κ1) is 15.8. The van der Waals surface area contributed by atoms with Crippen LogP contribution in [0.1, 0.15) is 43.1 Å². The van der Waals surface area contributed by atoms with Crippen molar-refractivity contribution in [2.24, 2.45) is 0 Å². The van der Waals surface area contributed by atoms with Gasteiger partial charge in [0.05, 0.1) is 6.10 Å². The minimum Gasteiger partial charge on any atom is -0.376 e. The number of unbranched alkanes of at least 4 members (excludes halogenated alkanes) is 1. The molecule has 1 unspecified atom stereocenters. The van der Waals surface area contributed by atoms with Crippen molar-refractivity contribution in [3.05, 3.63) is 24.0 Å². The first-order valence-electron chi connectivity index (χ1n) is 7.77. The highest BCUT2D eigenvalue weighted by molar-refractivity contribution is 5.93. The van der Waals surface area contributed by atoms with E-state index in [1.54, 1.807) is 6.20 Å². The lowest BCUT2D eigenvalue weighted by Crippen LogP contribution is -2.32. The van der Waals surface area contributed by atoms with E-state index in [1.807, 2.05) is 19.2 Å². The summed E-state index contributed by atoms with van der Waals surface area (Å²) in [6.07, 6.45) is 6.25. The molecule has 1 N–H and O–H groups in total. The van der Waals surface area contributed by atoms with E-state index in [1.165, 1.54) is 0 Å². The first-order chi connectivity index (χ1) is 10.2. The van der Waals surface area contributed by atoms with Crippen molar-refractivity contribution in [2.75, 3.05) is 31.6 Å². The van der Waals surface area contributed by atoms with E-state index in [2.05, 4.69) is 22.1 Å². The van der Waals surface area contributed by atoms with Crippen molar-refractivity contribution in [2.45, 2.75) is 38.7 Å². The predicted molar refractivity (Wildman–Crippen MR) is 83.7 cm³/mol. The minimum absolute atomic E-state index is 0.128. The summed E-state index contributed by atoms with van der Waals surface area (Å²) >= 11 is 0. The monoisotopic (exact) mass is 291 g/mol.